The number of hydrogen-bond donors (Lipinski definition) is 1. The third-order valence-corrected chi connectivity index (χ3v) is 3.73. The number of likely N-dealkylation sites (tertiary alicyclic amines) is 1. The fourth-order valence-corrected chi connectivity index (χ4v) is 2.76. The molecule has 1 aromatic rings. The molecule has 21 heavy (non-hydrogen) atoms. The minimum Gasteiger partial charge on any atom is -0.481 e. The molecule has 1 fully saturated rings. The first-order valence-corrected chi connectivity index (χ1v) is 7.12. The molecule has 2 rings (SSSR count). The number of carboxylic acids is 1. The minimum absolute atomic E-state index is 0.0304. The summed E-state index contributed by atoms with van der Waals surface area (Å²) in [4.78, 5) is 25.1. The second-order valence-electron chi connectivity index (χ2n) is 5.21. The molecule has 1 amide bonds. The van der Waals surface area contributed by atoms with Crippen molar-refractivity contribution in [2.24, 2.45) is 5.92 Å². The van der Waals surface area contributed by atoms with E-state index in [0.717, 1.165) is 18.5 Å². The summed E-state index contributed by atoms with van der Waals surface area (Å²) in [5.41, 5.74) is 0.776. The first-order chi connectivity index (χ1) is 10.1. The predicted molar refractivity (Wildman–Crippen MR) is 74.6 cm³/mol. The van der Waals surface area contributed by atoms with Gasteiger partial charge in [0.1, 0.15) is 0 Å². The van der Waals surface area contributed by atoms with Crippen molar-refractivity contribution < 1.29 is 19.4 Å². The van der Waals surface area contributed by atoms with E-state index in [1.165, 1.54) is 0 Å². The first-order valence-electron chi connectivity index (χ1n) is 7.12. The van der Waals surface area contributed by atoms with Crippen LogP contribution < -0.4 is 0 Å². The van der Waals surface area contributed by atoms with Crippen LogP contribution in [0.1, 0.15) is 31.4 Å². The van der Waals surface area contributed by atoms with Gasteiger partial charge < -0.3 is 14.7 Å². The van der Waals surface area contributed by atoms with Crippen LogP contribution in [0.25, 0.3) is 0 Å². The van der Waals surface area contributed by atoms with Crippen molar-refractivity contribution in [2.75, 3.05) is 20.3 Å². The van der Waals surface area contributed by atoms with Gasteiger partial charge in [0.25, 0.3) is 0 Å². The molecular formula is C14H21N3O4. The monoisotopic (exact) mass is 295 g/mol. The number of nitrogens with zero attached hydrogens (tertiary/aromatic N) is 3. The van der Waals surface area contributed by atoms with Gasteiger partial charge in [0.15, 0.2) is 0 Å². The largest absolute Gasteiger partial charge is 0.481 e. The molecule has 2 unspecified atom stereocenters. The maximum Gasteiger partial charge on any atom is 0.309 e. The van der Waals surface area contributed by atoms with Crippen molar-refractivity contribution in [1.29, 1.82) is 0 Å². The standard InChI is InChI=1S/C14H21N3O4/c1-3-4-16-9-10(8-15-16)13-11(14(19)20)7-12(18)17(13)5-6-21-2/h8-9,11,13H,3-7H2,1-2H3,(H,19,20). The van der Waals surface area contributed by atoms with Gasteiger partial charge in [-0.15, -0.1) is 0 Å². The Morgan fingerprint density at radius 1 is 1.52 bits per heavy atom. The van der Waals surface area contributed by atoms with E-state index in [1.807, 2.05) is 13.1 Å². The quantitative estimate of drug-likeness (QED) is 0.808. The molecule has 0 radical (unpaired) electrons. The van der Waals surface area contributed by atoms with Crippen molar-refractivity contribution in [3.05, 3.63) is 18.0 Å². The van der Waals surface area contributed by atoms with Gasteiger partial charge in [-0.05, 0) is 6.42 Å². The Kier molecular flexibility index (Phi) is 4.95. The predicted octanol–water partition coefficient (Wildman–Crippen LogP) is 0.914. The van der Waals surface area contributed by atoms with Gasteiger partial charge in [-0.2, -0.15) is 5.10 Å². The van der Waals surface area contributed by atoms with E-state index >= 15 is 0 Å². The van der Waals surface area contributed by atoms with E-state index in [9.17, 15) is 14.7 Å². The number of aliphatic carboxylic acids is 1. The van der Waals surface area contributed by atoms with Crippen LogP contribution in [0.5, 0.6) is 0 Å². The third-order valence-electron chi connectivity index (χ3n) is 3.73. The highest BCUT2D eigenvalue weighted by Gasteiger charge is 2.44. The van der Waals surface area contributed by atoms with E-state index in [0.29, 0.717) is 13.2 Å². The summed E-state index contributed by atoms with van der Waals surface area (Å²) >= 11 is 0. The number of aromatic nitrogens is 2. The zero-order valence-corrected chi connectivity index (χ0v) is 12.4. The minimum atomic E-state index is -0.948. The molecule has 0 aromatic carbocycles. The number of methoxy groups -OCH3 is 1. The van der Waals surface area contributed by atoms with Crippen LogP contribution >= 0.6 is 0 Å². The molecule has 2 atom stereocenters. The van der Waals surface area contributed by atoms with Gasteiger partial charge in [0.05, 0.1) is 24.8 Å². The number of aryl methyl sites for hydroxylation is 1. The maximum absolute atomic E-state index is 12.1. The van der Waals surface area contributed by atoms with Crippen molar-refractivity contribution >= 4 is 11.9 Å². The van der Waals surface area contributed by atoms with Crippen LogP contribution in [-0.4, -0.2) is 51.9 Å². The summed E-state index contributed by atoms with van der Waals surface area (Å²) in [6, 6.07) is -0.462. The summed E-state index contributed by atoms with van der Waals surface area (Å²) < 4.78 is 6.80. The number of ether oxygens (including phenoxy) is 1. The van der Waals surface area contributed by atoms with E-state index < -0.39 is 17.9 Å². The molecule has 7 heteroatoms. The van der Waals surface area contributed by atoms with E-state index in [1.54, 1.807) is 22.9 Å². The smallest absolute Gasteiger partial charge is 0.309 e. The van der Waals surface area contributed by atoms with Crippen LogP contribution in [0.2, 0.25) is 0 Å². The van der Waals surface area contributed by atoms with Crippen LogP contribution in [0.4, 0.5) is 0 Å². The highest BCUT2D eigenvalue weighted by molar-refractivity contribution is 5.87. The lowest BCUT2D eigenvalue weighted by molar-refractivity contribution is -0.142. The third kappa shape index (κ3) is 3.24. The van der Waals surface area contributed by atoms with Gasteiger partial charge in [0, 0.05) is 38.4 Å². The van der Waals surface area contributed by atoms with E-state index in [4.69, 9.17) is 4.74 Å². The lowest BCUT2D eigenvalue weighted by atomic mass is 9.96. The number of carboxylic acid groups (broad SMARTS) is 1. The Morgan fingerprint density at radius 3 is 2.90 bits per heavy atom. The maximum atomic E-state index is 12.1. The molecule has 0 aliphatic carbocycles. The van der Waals surface area contributed by atoms with Gasteiger partial charge in [-0.3, -0.25) is 14.3 Å². The Labute approximate surface area is 123 Å². The van der Waals surface area contributed by atoms with Crippen molar-refractivity contribution in [1.82, 2.24) is 14.7 Å². The van der Waals surface area contributed by atoms with Gasteiger partial charge in [-0.25, -0.2) is 0 Å². The average Bonchev–Trinajstić information content (AvgIpc) is 3.01. The number of rotatable bonds is 7. The van der Waals surface area contributed by atoms with Crippen LogP contribution in [0.15, 0.2) is 12.4 Å². The molecule has 0 bridgehead atoms. The molecule has 1 saturated heterocycles. The first kappa shape index (κ1) is 15.5. The normalized spacial score (nSPS) is 22.0. The highest BCUT2D eigenvalue weighted by atomic mass is 16.5. The molecule has 0 spiro atoms. The molecule has 1 aliphatic rings. The van der Waals surface area contributed by atoms with Crippen LogP contribution in [0, 0.1) is 5.92 Å². The Bertz CT molecular complexity index is 514. The van der Waals surface area contributed by atoms with Gasteiger partial charge >= 0.3 is 5.97 Å². The summed E-state index contributed by atoms with van der Waals surface area (Å²) in [7, 11) is 1.56. The number of carbonyl (C=O) groups excluding carboxylic acids is 1. The van der Waals surface area contributed by atoms with Crippen molar-refractivity contribution in [3.8, 4) is 0 Å². The zero-order valence-electron chi connectivity index (χ0n) is 12.4. The van der Waals surface area contributed by atoms with Crippen LogP contribution in [0.3, 0.4) is 0 Å². The molecule has 0 saturated carbocycles. The molecular weight excluding hydrogens is 274 g/mol. The Balaban J connectivity index is 2.27. The van der Waals surface area contributed by atoms with Crippen molar-refractivity contribution in [2.45, 2.75) is 32.4 Å². The fourth-order valence-electron chi connectivity index (χ4n) is 2.76. The topological polar surface area (TPSA) is 84.7 Å². The fraction of sp³-hybridized carbons (Fsp3) is 0.643. The molecule has 116 valence electrons. The highest BCUT2D eigenvalue weighted by Crippen LogP contribution is 2.37. The van der Waals surface area contributed by atoms with E-state index in [-0.39, 0.29) is 12.3 Å². The molecule has 2 heterocycles. The van der Waals surface area contributed by atoms with Crippen LogP contribution in [-0.2, 0) is 20.9 Å². The summed E-state index contributed by atoms with van der Waals surface area (Å²) in [6.45, 7) is 3.60. The second kappa shape index (κ2) is 6.71. The Morgan fingerprint density at radius 2 is 2.29 bits per heavy atom. The SMILES string of the molecule is CCCn1cc(C2C(C(=O)O)CC(=O)N2CCOC)cn1. The lowest BCUT2D eigenvalue weighted by Gasteiger charge is -2.25. The van der Waals surface area contributed by atoms with Gasteiger partial charge in [-0.1, -0.05) is 6.92 Å². The van der Waals surface area contributed by atoms with Crippen molar-refractivity contribution in [3.63, 3.8) is 0 Å². The number of amides is 1. The summed E-state index contributed by atoms with van der Waals surface area (Å²) in [5, 5.41) is 13.6. The molecule has 1 aliphatic heterocycles. The van der Waals surface area contributed by atoms with Gasteiger partial charge in [0.2, 0.25) is 5.91 Å². The number of carbonyl (C=O) groups is 2. The molecule has 1 aromatic heterocycles. The summed E-state index contributed by atoms with van der Waals surface area (Å²) in [5.74, 6) is -1.82. The second-order valence-corrected chi connectivity index (χ2v) is 5.21. The zero-order chi connectivity index (χ0) is 15.4. The summed E-state index contributed by atoms with van der Waals surface area (Å²) in [6.07, 6.45) is 4.47. The van der Waals surface area contributed by atoms with E-state index in [2.05, 4.69) is 5.10 Å². The molecule has 7 nitrogen and oxygen atoms in total. The molecule has 1 N–H and O–H groups in total. The lowest BCUT2D eigenvalue weighted by Crippen LogP contribution is -2.33. The number of hydrogen-bond acceptors (Lipinski definition) is 4. The Hall–Kier alpha value is -1.89. The average molecular weight is 295 g/mol.